The lowest BCUT2D eigenvalue weighted by atomic mass is 10.1. The third-order valence-electron chi connectivity index (χ3n) is 3.51. The number of carbonyl (C=O) groups is 3. The molecule has 2 aromatic rings. The van der Waals surface area contributed by atoms with Gasteiger partial charge in [-0.3, -0.25) is 9.59 Å². The van der Waals surface area contributed by atoms with Crippen molar-refractivity contribution in [1.29, 1.82) is 0 Å². The summed E-state index contributed by atoms with van der Waals surface area (Å²) in [4.78, 5) is 35.4. The molecule has 0 fully saturated rings. The van der Waals surface area contributed by atoms with Crippen molar-refractivity contribution in [2.75, 3.05) is 5.32 Å². The van der Waals surface area contributed by atoms with Crippen molar-refractivity contribution in [2.24, 2.45) is 0 Å². The van der Waals surface area contributed by atoms with Gasteiger partial charge in [0, 0.05) is 11.3 Å². The smallest absolute Gasteiger partial charge is 0.387 e. The van der Waals surface area contributed by atoms with Crippen molar-refractivity contribution < 1.29 is 32.6 Å². The maximum absolute atomic E-state index is 12.2. The fourth-order valence-electron chi connectivity index (χ4n) is 2.11. The molecule has 1 amide bonds. The van der Waals surface area contributed by atoms with Gasteiger partial charge in [-0.2, -0.15) is 8.78 Å². The summed E-state index contributed by atoms with van der Waals surface area (Å²) in [5.41, 5.74) is 0.900. The van der Waals surface area contributed by atoms with Gasteiger partial charge in [-0.05, 0) is 56.3 Å². The molecular weight excluding hydrogens is 360 g/mol. The van der Waals surface area contributed by atoms with Gasteiger partial charge in [0.2, 0.25) is 0 Å². The second-order valence-electron chi connectivity index (χ2n) is 5.58. The van der Waals surface area contributed by atoms with E-state index in [4.69, 9.17) is 4.74 Å². The van der Waals surface area contributed by atoms with Gasteiger partial charge < -0.3 is 14.8 Å². The zero-order valence-electron chi connectivity index (χ0n) is 14.6. The second kappa shape index (κ2) is 8.88. The molecule has 142 valence electrons. The maximum atomic E-state index is 12.2. The molecule has 8 heteroatoms. The normalized spacial score (nSPS) is 11.6. The number of hydrogen-bond donors (Lipinski definition) is 1. The van der Waals surface area contributed by atoms with E-state index in [1.807, 2.05) is 0 Å². The SMILES string of the molecule is CC(=O)c1ccc(NC(=O)[C@@H](C)OC(=O)c2cccc(OC(F)F)c2)cc1. The predicted molar refractivity (Wildman–Crippen MR) is 93.0 cm³/mol. The van der Waals surface area contributed by atoms with Crippen LogP contribution in [-0.4, -0.2) is 30.4 Å². The van der Waals surface area contributed by atoms with Gasteiger partial charge in [-0.1, -0.05) is 6.07 Å². The van der Waals surface area contributed by atoms with Crippen LogP contribution in [0, 0.1) is 0 Å². The average molecular weight is 377 g/mol. The number of anilines is 1. The van der Waals surface area contributed by atoms with Gasteiger partial charge in [0.25, 0.3) is 5.91 Å². The van der Waals surface area contributed by atoms with Gasteiger partial charge in [0.05, 0.1) is 5.56 Å². The number of amides is 1. The summed E-state index contributed by atoms with van der Waals surface area (Å²) >= 11 is 0. The first-order chi connectivity index (χ1) is 12.8. The van der Waals surface area contributed by atoms with Crippen molar-refractivity contribution in [2.45, 2.75) is 26.6 Å². The van der Waals surface area contributed by atoms with Crippen LogP contribution in [-0.2, 0) is 9.53 Å². The molecule has 0 aliphatic heterocycles. The highest BCUT2D eigenvalue weighted by atomic mass is 19.3. The fraction of sp³-hybridized carbons (Fsp3) is 0.211. The monoisotopic (exact) mass is 377 g/mol. The lowest BCUT2D eigenvalue weighted by Crippen LogP contribution is -2.30. The largest absolute Gasteiger partial charge is 0.449 e. The highest BCUT2D eigenvalue weighted by Crippen LogP contribution is 2.17. The number of benzene rings is 2. The number of hydrogen-bond acceptors (Lipinski definition) is 5. The highest BCUT2D eigenvalue weighted by Gasteiger charge is 2.20. The summed E-state index contributed by atoms with van der Waals surface area (Å²) in [6.45, 7) is -0.219. The second-order valence-corrected chi connectivity index (χ2v) is 5.58. The van der Waals surface area contributed by atoms with Crippen LogP contribution in [0.2, 0.25) is 0 Å². The van der Waals surface area contributed by atoms with Crippen molar-refractivity contribution in [3.8, 4) is 5.75 Å². The minimum absolute atomic E-state index is 0.0291. The van der Waals surface area contributed by atoms with E-state index in [1.165, 1.54) is 32.0 Å². The number of halogens is 2. The van der Waals surface area contributed by atoms with Crippen molar-refractivity contribution in [3.05, 3.63) is 59.7 Å². The zero-order valence-corrected chi connectivity index (χ0v) is 14.6. The molecule has 0 aliphatic rings. The number of rotatable bonds is 7. The van der Waals surface area contributed by atoms with E-state index in [9.17, 15) is 23.2 Å². The standard InChI is InChI=1S/C19H17F2NO5/c1-11(23)13-6-8-15(9-7-13)22-17(24)12(2)26-18(25)14-4-3-5-16(10-14)27-19(20)21/h3-10,12,19H,1-2H3,(H,22,24)/t12-/m1/s1. The minimum atomic E-state index is -3.02. The molecule has 27 heavy (non-hydrogen) atoms. The maximum Gasteiger partial charge on any atom is 0.387 e. The van der Waals surface area contributed by atoms with Gasteiger partial charge in [0.1, 0.15) is 5.75 Å². The van der Waals surface area contributed by atoms with E-state index in [0.717, 1.165) is 6.07 Å². The van der Waals surface area contributed by atoms with Gasteiger partial charge >= 0.3 is 12.6 Å². The van der Waals surface area contributed by atoms with E-state index in [1.54, 1.807) is 24.3 Å². The van der Waals surface area contributed by atoms with Crippen molar-refractivity contribution >= 4 is 23.3 Å². The summed E-state index contributed by atoms with van der Waals surface area (Å²) in [5, 5.41) is 2.55. The Hall–Kier alpha value is -3.29. The third-order valence-corrected chi connectivity index (χ3v) is 3.51. The summed E-state index contributed by atoms with van der Waals surface area (Å²) in [6.07, 6.45) is -1.13. The first kappa shape index (κ1) is 20.0. The predicted octanol–water partition coefficient (Wildman–Crippen LogP) is 3.67. The van der Waals surface area contributed by atoms with Gasteiger partial charge in [-0.25, -0.2) is 4.79 Å². The molecule has 0 radical (unpaired) electrons. The number of alkyl halides is 2. The molecular formula is C19H17F2NO5. The quantitative estimate of drug-likeness (QED) is 0.588. The molecule has 0 aromatic heterocycles. The molecule has 0 bridgehead atoms. The van der Waals surface area contributed by atoms with Gasteiger partial charge in [-0.15, -0.1) is 0 Å². The summed E-state index contributed by atoms with van der Waals surface area (Å²) < 4.78 is 33.7. The number of carbonyl (C=O) groups excluding carboxylic acids is 3. The number of esters is 1. The first-order valence-electron chi connectivity index (χ1n) is 7.94. The van der Waals surface area contributed by atoms with Crippen LogP contribution in [0.3, 0.4) is 0 Å². The lowest BCUT2D eigenvalue weighted by molar-refractivity contribution is -0.123. The van der Waals surface area contributed by atoms with E-state index in [-0.39, 0.29) is 17.1 Å². The Morgan fingerprint density at radius 1 is 1.00 bits per heavy atom. The Labute approximate surface area is 154 Å². The minimum Gasteiger partial charge on any atom is -0.449 e. The van der Waals surface area contributed by atoms with Crippen LogP contribution in [0.15, 0.2) is 48.5 Å². The molecule has 0 spiro atoms. The van der Waals surface area contributed by atoms with Crippen molar-refractivity contribution in [1.82, 2.24) is 0 Å². The summed E-state index contributed by atoms with van der Waals surface area (Å²) in [5.74, 6) is -1.74. The zero-order chi connectivity index (χ0) is 20.0. The number of ether oxygens (including phenoxy) is 2. The number of nitrogens with one attached hydrogen (secondary N) is 1. The Morgan fingerprint density at radius 3 is 2.26 bits per heavy atom. The molecule has 2 rings (SSSR count). The highest BCUT2D eigenvalue weighted by molar-refractivity contribution is 5.98. The Bertz CT molecular complexity index is 836. The van der Waals surface area contributed by atoms with Crippen molar-refractivity contribution in [3.63, 3.8) is 0 Å². The van der Waals surface area contributed by atoms with E-state index < -0.39 is 24.6 Å². The van der Waals surface area contributed by atoms with E-state index >= 15 is 0 Å². The topological polar surface area (TPSA) is 81.7 Å². The molecule has 0 aliphatic carbocycles. The Balaban J connectivity index is 1.97. The lowest BCUT2D eigenvalue weighted by Gasteiger charge is -2.14. The molecule has 0 heterocycles. The molecule has 1 atom stereocenters. The average Bonchev–Trinajstić information content (AvgIpc) is 2.61. The first-order valence-corrected chi connectivity index (χ1v) is 7.94. The Kier molecular flexibility index (Phi) is 6.59. The molecule has 6 nitrogen and oxygen atoms in total. The molecule has 1 N–H and O–H groups in total. The number of Topliss-reactive ketones (excluding diaryl/α,β-unsaturated/α-hetero) is 1. The third kappa shape index (κ3) is 5.88. The van der Waals surface area contributed by atoms with Crippen LogP contribution in [0.25, 0.3) is 0 Å². The van der Waals surface area contributed by atoms with Crippen LogP contribution in [0.5, 0.6) is 5.75 Å². The molecule has 2 aromatic carbocycles. The molecule has 0 saturated carbocycles. The van der Waals surface area contributed by atoms with Gasteiger partial charge in [0.15, 0.2) is 11.9 Å². The summed E-state index contributed by atoms with van der Waals surface area (Å²) in [7, 11) is 0. The number of ketones is 1. The van der Waals surface area contributed by atoms with Crippen LogP contribution >= 0.6 is 0 Å². The summed E-state index contributed by atoms with van der Waals surface area (Å²) in [6, 6.07) is 11.3. The Morgan fingerprint density at radius 2 is 1.67 bits per heavy atom. The van der Waals surface area contributed by atoms with E-state index in [2.05, 4.69) is 10.1 Å². The molecule has 0 unspecified atom stereocenters. The van der Waals surface area contributed by atoms with Crippen LogP contribution in [0.4, 0.5) is 14.5 Å². The van der Waals surface area contributed by atoms with Crippen LogP contribution in [0.1, 0.15) is 34.6 Å². The van der Waals surface area contributed by atoms with E-state index in [0.29, 0.717) is 11.3 Å². The van der Waals surface area contributed by atoms with Crippen LogP contribution < -0.4 is 10.1 Å². The fourth-order valence-corrected chi connectivity index (χ4v) is 2.11. The molecule has 0 saturated heterocycles.